The summed E-state index contributed by atoms with van der Waals surface area (Å²) in [5.41, 5.74) is -2.69. The van der Waals surface area contributed by atoms with E-state index >= 15 is 0 Å². The third-order valence-electron chi connectivity index (χ3n) is 4.12. The number of para-hydroxylation sites is 1. The van der Waals surface area contributed by atoms with Gasteiger partial charge in [0.2, 0.25) is 11.4 Å². The van der Waals surface area contributed by atoms with Gasteiger partial charge in [0.05, 0.1) is 12.0 Å². The highest BCUT2D eigenvalue weighted by atomic mass is 16.6. The van der Waals surface area contributed by atoms with E-state index in [1.807, 2.05) is 5.32 Å². The second kappa shape index (κ2) is 8.90. The Hall–Kier alpha value is -4.15. The molecule has 0 unspecified atom stereocenters. The van der Waals surface area contributed by atoms with Crippen LogP contribution in [-0.4, -0.2) is 45.6 Å². The summed E-state index contributed by atoms with van der Waals surface area (Å²) in [6.07, 6.45) is -0.656. The first-order valence-corrected chi connectivity index (χ1v) is 8.44. The maximum absolute atomic E-state index is 11.8. The lowest BCUT2D eigenvalue weighted by Gasteiger charge is -2.26. The molecular weight excluding hydrogens is 400 g/mol. The van der Waals surface area contributed by atoms with E-state index in [0.717, 1.165) is 6.92 Å². The van der Waals surface area contributed by atoms with Gasteiger partial charge in [-0.1, -0.05) is 12.1 Å². The van der Waals surface area contributed by atoms with Crippen molar-refractivity contribution in [2.45, 2.75) is 18.9 Å². The summed E-state index contributed by atoms with van der Waals surface area (Å²) in [6, 6.07) is 9.49. The number of carbonyl (C=O) groups excluding carboxylic acids is 1. The van der Waals surface area contributed by atoms with Crippen LogP contribution in [0.3, 0.4) is 0 Å². The Morgan fingerprint density at radius 1 is 1.10 bits per heavy atom. The number of hydrogen-bond acceptors (Lipinski definition) is 7. The molecule has 2 aromatic rings. The van der Waals surface area contributed by atoms with Crippen LogP contribution in [0.1, 0.15) is 12.5 Å². The molecule has 0 saturated carbocycles. The van der Waals surface area contributed by atoms with Gasteiger partial charge in [-0.2, -0.15) is 0 Å². The first-order valence-electron chi connectivity index (χ1n) is 8.44. The van der Waals surface area contributed by atoms with Crippen molar-refractivity contribution in [3.63, 3.8) is 0 Å². The number of ether oxygens (including phenoxy) is 2. The van der Waals surface area contributed by atoms with Crippen LogP contribution in [0.4, 0.5) is 5.69 Å². The summed E-state index contributed by atoms with van der Waals surface area (Å²) < 4.78 is 11.0. The number of amides is 1. The van der Waals surface area contributed by atoms with E-state index in [1.165, 1.54) is 49.6 Å². The smallest absolute Gasteiger partial charge is 0.341 e. The predicted molar refractivity (Wildman–Crippen MR) is 102 cm³/mol. The van der Waals surface area contributed by atoms with Crippen molar-refractivity contribution in [3.8, 4) is 17.2 Å². The van der Waals surface area contributed by atoms with E-state index in [-0.39, 0.29) is 28.5 Å². The van der Waals surface area contributed by atoms with Gasteiger partial charge in [0, 0.05) is 31.0 Å². The number of carbonyl (C=O) groups is 3. The lowest BCUT2D eigenvalue weighted by atomic mass is 9.90. The zero-order valence-corrected chi connectivity index (χ0v) is 15.9. The number of nitrogens with one attached hydrogen (secondary N) is 1. The van der Waals surface area contributed by atoms with Crippen molar-refractivity contribution in [2.24, 2.45) is 0 Å². The summed E-state index contributed by atoms with van der Waals surface area (Å²) in [6.45, 7) is 1.00. The second-order valence-electron chi connectivity index (χ2n) is 6.18. The van der Waals surface area contributed by atoms with Crippen LogP contribution in [0.2, 0.25) is 0 Å². The summed E-state index contributed by atoms with van der Waals surface area (Å²) >= 11 is 0. The van der Waals surface area contributed by atoms with Crippen LogP contribution in [0.25, 0.3) is 0 Å². The van der Waals surface area contributed by atoms with Gasteiger partial charge >= 0.3 is 11.9 Å². The van der Waals surface area contributed by atoms with E-state index in [1.54, 1.807) is 0 Å². The van der Waals surface area contributed by atoms with Crippen LogP contribution in [-0.2, 0) is 20.8 Å². The lowest BCUT2D eigenvalue weighted by molar-refractivity contribution is -0.384. The molecule has 0 aliphatic heterocycles. The molecule has 0 atom stereocenters. The zero-order valence-electron chi connectivity index (χ0n) is 15.9. The number of aliphatic carboxylic acids is 2. The number of nitro groups is 1. The van der Waals surface area contributed by atoms with Crippen LogP contribution < -0.4 is 14.8 Å². The fourth-order valence-corrected chi connectivity index (χ4v) is 2.71. The lowest BCUT2D eigenvalue weighted by Crippen LogP contribution is -2.61. The number of carboxylic acids is 2. The van der Waals surface area contributed by atoms with Gasteiger partial charge in [0.15, 0.2) is 11.5 Å². The topological polar surface area (TPSA) is 165 Å². The van der Waals surface area contributed by atoms with Crippen LogP contribution in [0, 0.1) is 10.1 Å². The van der Waals surface area contributed by atoms with Crippen LogP contribution in [0.5, 0.6) is 17.2 Å². The fourth-order valence-electron chi connectivity index (χ4n) is 2.71. The number of non-ortho nitro benzene ring substituents is 1. The molecule has 0 saturated heterocycles. The molecule has 11 heteroatoms. The predicted octanol–water partition coefficient (Wildman–Crippen LogP) is 1.98. The molecule has 3 N–H and O–H groups in total. The minimum Gasteiger partial charge on any atom is -0.493 e. The Morgan fingerprint density at radius 2 is 1.70 bits per heavy atom. The maximum Gasteiger partial charge on any atom is 0.341 e. The van der Waals surface area contributed by atoms with E-state index < -0.39 is 34.7 Å². The minimum absolute atomic E-state index is 0.00563. The molecule has 0 heterocycles. The Morgan fingerprint density at radius 3 is 2.17 bits per heavy atom. The molecule has 0 fully saturated rings. The van der Waals surface area contributed by atoms with Crippen LogP contribution in [0.15, 0.2) is 42.5 Å². The molecule has 0 radical (unpaired) electrons. The molecule has 1 amide bonds. The molecule has 30 heavy (non-hydrogen) atoms. The van der Waals surface area contributed by atoms with Crippen molar-refractivity contribution in [2.75, 3.05) is 7.11 Å². The summed E-state index contributed by atoms with van der Waals surface area (Å²) in [5.74, 6) is -4.05. The van der Waals surface area contributed by atoms with Crippen molar-refractivity contribution in [3.05, 3.63) is 58.1 Å². The van der Waals surface area contributed by atoms with Gasteiger partial charge in [-0.3, -0.25) is 14.9 Å². The molecule has 0 aliphatic carbocycles. The standard InChI is InChI=1S/C19H18N2O9/c1-11(22)20-19(17(23)24,18(25)26)10-12-4-3-5-15(29-2)16(12)30-14-8-6-13(7-9-14)21(27)28/h3-9H,10H2,1-2H3,(H,20,22)(H,23,24)(H,25,26). The maximum atomic E-state index is 11.8. The van der Waals surface area contributed by atoms with Crippen molar-refractivity contribution in [1.82, 2.24) is 5.32 Å². The van der Waals surface area contributed by atoms with Gasteiger partial charge in [-0.25, -0.2) is 9.59 Å². The molecule has 2 rings (SSSR count). The summed E-state index contributed by atoms with van der Waals surface area (Å²) in [7, 11) is 1.33. The zero-order chi connectivity index (χ0) is 22.5. The molecule has 0 spiro atoms. The van der Waals surface area contributed by atoms with Gasteiger partial charge < -0.3 is 25.0 Å². The summed E-state index contributed by atoms with van der Waals surface area (Å²) in [4.78, 5) is 45.3. The molecule has 0 aromatic heterocycles. The first kappa shape index (κ1) is 22.1. The number of rotatable bonds is 9. The van der Waals surface area contributed by atoms with Crippen molar-refractivity contribution < 1.29 is 39.0 Å². The Labute approximate surface area is 170 Å². The normalized spacial score (nSPS) is 10.7. The third kappa shape index (κ3) is 4.63. The molecule has 11 nitrogen and oxygen atoms in total. The average molecular weight is 418 g/mol. The largest absolute Gasteiger partial charge is 0.493 e. The highest BCUT2D eigenvalue weighted by molar-refractivity contribution is 6.06. The molecule has 2 aromatic carbocycles. The Kier molecular flexibility index (Phi) is 6.57. The monoisotopic (exact) mass is 418 g/mol. The van der Waals surface area contributed by atoms with Gasteiger partial charge in [-0.15, -0.1) is 0 Å². The molecule has 0 aliphatic rings. The Bertz CT molecular complexity index is 972. The SMILES string of the molecule is COc1cccc(CC(NC(C)=O)(C(=O)O)C(=O)O)c1Oc1ccc([N+](=O)[O-])cc1. The first-order chi connectivity index (χ1) is 14.1. The number of carboxylic acid groups (broad SMARTS) is 2. The quantitative estimate of drug-likeness (QED) is 0.313. The number of methoxy groups -OCH3 is 1. The number of hydrogen-bond donors (Lipinski definition) is 3. The summed E-state index contributed by atoms with van der Waals surface area (Å²) in [5, 5.41) is 31.9. The number of nitrogens with zero attached hydrogens (tertiary/aromatic N) is 1. The minimum atomic E-state index is -2.65. The fraction of sp³-hybridized carbons (Fsp3) is 0.211. The Balaban J connectivity index is 2.52. The van der Waals surface area contributed by atoms with Gasteiger partial charge in [0.25, 0.3) is 5.69 Å². The molecule has 158 valence electrons. The van der Waals surface area contributed by atoms with E-state index in [2.05, 4.69) is 0 Å². The molecule has 0 bridgehead atoms. The number of nitro benzene ring substituents is 1. The van der Waals surface area contributed by atoms with Crippen LogP contribution >= 0.6 is 0 Å². The molecular formula is C19H18N2O9. The van der Waals surface area contributed by atoms with Crippen molar-refractivity contribution >= 4 is 23.5 Å². The average Bonchev–Trinajstić information content (AvgIpc) is 2.68. The van der Waals surface area contributed by atoms with Crippen molar-refractivity contribution in [1.29, 1.82) is 0 Å². The van der Waals surface area contributed by atoms with E-state index in [4.69, 9.17) is 9.47 Å². The van der Waals surface area contributed by atoms with Gasteiger partial charge in [-0.05, 0) is 18.2 Å². The number of benzene rings is 2. The highest BCUT2D eigenvalue weighted by Gasteiger charge is 2.48. The highest BCUT2D eigenvalue weighted by Crippen LogP contribution is 2.37. The van der Waals surface area contributed by atoms with E-state index in [0.29, 0.717) is 0 Å². The van der Waals surface area contributed by atoms with E-state index in [9.17, 15) is 34.7 Å². The van der Waals surface area contributed by atoms with Gasteiger partial charge in [0.1, 0.15) is 5.75 Å². The third-order valence-corrected chi connectivity index (χ3v) is 4.12. The second-order valence-corrected chi connectivity index (χ2v) is 6.18.